The van der Waals surface area contributed by atoms with Crippen LogP contribution in [0.15, 0.2) is 194 Å². The number of ether oxygens (including phenoxy) is 4. The summed E-state index contributed by atoms with van der Waals surface area (Å²) in [5, 5.41) is 67.8. The van der Waals surface area contributed by atoms with Crippen molar-refractivity contribution in [2.75, 3.05) is 44.3 Å². The number of azo groups is 5. The zero-order valence-corrected chi connectivity index (χ0v) is 55.3. The summed E-state index contributed by atoms with van der Waals surface area (Å²) in [5.74, 6) is -1.93. The Kier molecular flexibility index (Phi) is 21.6. The van der Waals surface area contributed by atoms with Crippen molar-refractivity contribution in [1.29, 1.82) is 0 Å². The molecule has 34 heteroatoms. The molecule has 1 amide bonds. The predicted molar refractivity (Wildman–Crippen MR) is 357 cm³/mol. The first-order valence-corrected chi connectivity index (χ1v) is 34.7. The van der Waals surface area contributed by atoms with E-state index in [0.717, 1.165) is 12.1 Å². The van der Waals surface area contributed by atoms with Gasteiger partial charge in [0.2, 0.25) is 0 Å². The van der Waals surface area contributed by atoms with Crippen molar-refractivity contribution in [3.05, 3.63) is 161 Å². The number of anilines is 1. The maximum Gasteiger partial charge on any atom is 0.296 e. The standard InChI is InChI=1S/C63H59N11O19S4/c1-35-24-51(71-74-61-60(97(87,88)89)31-41-28-44(13-17-48(41)62(61)76)66-65-42-10-14-45(75)15-11-42)36(2)23-50(35)68-73-55-26-38(4)53(34-59(55)93-20-22-95(81,82)83)70-72-54-25-37(3)52(33-58(54)91-6)69-67-49-18-9-39(30-57(49)90-5)63(77)64-43-12-16-47-40(27-43)29-46(96(84,85)86)32-56(47)92-19-7-8-21-94(78,79)80/h9-18,23-34,75-76H,7-8,19-22H2,1-6H3,(H,64,77)(H,78,79,80)(H,81,82,83)(H,84,85,86)(H,87,88,89)/b66-65+,69-67?,72-70?,73-68?,74-71?. The molecule has 9 aromatic rings. The van der Waals surface area contributed by atoms with Gasteiger partial charge in [0.15, 0.2) is 5.75 Å². The molecule has 0 heterocycles. The number of amides is 1. The molecule has 9 rings (SSSR count). The van der Waals surface area contributed by atoms with E-state index in [9.17, 15) is 62.3 Å². The van der Waals surface area contributed by atoms with Crippen molar-refractivity contribution in [3.63, 3.8) is 0 Å². The number of aryl methyl sites for hydroxylation is 4. The molecule has 0 atom stereocenters. The number of unbranched alkanes of at least 4 members (excludes halogenated alkanes) is 1. The Balaban J connectivity index is 0.906. The Hall–Kier alpha value is -10.6. The van der Waals surface area contributed by atoms with Crippen LogP contribution in [0.25, 0.3) is 21.5 Å². The van der Waals surface area contributed by atoms with Crippen LogP contribution in [0.1, 0.15) is 45.5 Å². The van der Waals surface area contributed by atoms with E-state index < -0.39 is 85.7 Å². The molecule has 0 bridgehead atoms. The second-order valence-electron chi connectivity index (χ2n) is 21.5. The van der Waals surface area contributed by atoms with Crippen molar-refractivity contribution in [2.24, 2.45) is 51.1 Å². The smallest absolute Gasteiger partial charge is 0.296 e. The number of methoxy groups -OCH3 is 2. The van der Waals surface area contributed by atoms with Crippen LogP contribution in [0.4, 0.5) is 62.6 Å². The number of hydrogen-bond acceptors (Lipinski definition) is 25. The number of phenolic OH excluding ortho intramolecular Hbond substituents is 2. The maximum atomic E-state index is 13.6. The van der Waals surface area contributed by atoms with Crippen LogP contribution in [-0.4, -0.2) is 107 Å². The van der Waals surface area contributed by atoms with Crippen molar-refractivity contribution < 1.29 is 85.8 Å². The molecule has 0 spiro atoms. The minimum Gasteiger partial charge on any atom is -0.508 e. The monoisotopic (exact) mass is 1400 g/mol. The van der Waals surface area contributed by atoms with Gasteiger partial charge in [-0.2, -0.15) is 64.4 Å². The minimum atomic E-state index is -4.98. The third kappa shape index (κ3) is 18.5. The van der Waals surface area contributed by atoms with Gasteiger partial charge in [0.05, 0.1) is 65.6 Å². The number of carbonyl (C=O) groups is 1. The summed E-state index contributed by atoms with van der Waals surface area (Å²) in [6.07, 6.45) is 0.272. The molecular formula is C63H59N11O19S4. The van der Waals surface area contributed by atoms with Crippen LogP contribution in [0.3, 0.4) is 0 Å². The summed E-state index contributed by atoms with van der Waals surface area (Å²) in [5.41, 5.74) is 4.40. The summed E-state index contributed by atoms with van der Waals surface area (Å²) in [6.45, 7) is 6.24. The first kappa shape index (κ1) is 70.7. The number of rotatable bonds is 26. The number of hydrogen-bond donors (Lipinski definition) is 7. The second-order valence-corrected chi connectivity index (χ2v) is 27.4. The average Bonchev–Trinajstić information content (AvgIpc) is 0.775. The molecule has 0 radical (unpaired) electrons. The zero-order valence-electron chi connectivity index (χ0n) is 52.0. The van der Waals surface area contributed by atoms with Gasteiger partial charge in [-0.15, -0.1) is 20.5 Å². The number of nitrogens with zero attached hydrogens (tertiary/aromatic N) is 10. The summed E-state index contributed by atoms with van der Waals surface area (Å²) >= 11 is 0. The quantitative estimate of drug-likeness (QED) is 0.0150. The van der Waals surface area contributed by atoms with Crippen LogP contribution in [0.2, 0.25) is 0 Å². The summed E-state index contributed by atoms with van der Waals surface area (Å²) < 4.78 is 157. The van der Waals surface area contributed by atoms with Gasteiger partial charge in [-0.25, -0.2) is 0 Å². The van der Waals surface area contributed by atoms with Crippen LogP contribution in [-0.2, 0) is 40.5 Å². The Morgan fingerprint density at radius 3 is 1.54 bits per heavy atom. The van der Waals surface area contributed by atoms with Gasteiger partial charge in [-0.05, 0) is 189 Å². The van der Waals surface area contributed by atoms with Gasteiger partial charge in [0.1, 0.15) is 68.8 Å². The van der Waals surface area contributed by atoms with E-state index >= 15 is 0 Å². The maximum absolute atomic E-state index is 13.6. The Bertz CT molecular complexity index is 5230. The molecule has 0 saturated carbocycles. The minimum absolute atomic E-state index is 0.00762. The number of carbonyl (C=O) groups excluding carboxylic acids is 1. The van der Waals surface area contributed by atoms with Crippen molar-refractivity contribution in [1.82, 2.24) is 0 Å². The lowest BCUT2D eigenvalue weighted by atomic mass is 10.1. The van der Waals surface area contributed by atoms with Crippen molar-refractivity contribution in [3.8, 4) is 34.5 Å². The Labute approximate surface area is 554 Å². The number of fused-ring (bicyclic) bond motifs is 2. The van der Waals surface area contributed by atoms with Crippen molar-refractivity contribution >= 4 is 130 Å². The lowest BCUT2D eigenvalue weighted by Crippen LogP contribution is -2.12. The van der Waals surface area contributed by atoms with Crippen LogP contribution >= 0.6 is 0 Å². The second kappa shape index (κ2) is 29.6. The lowest BCUT2D eigenvalue weighted by Gasteiger charge is -2.13. The highest BCUT2D eigenvalue weighted by Gasteiger charge is 2.24. The van der Waals surface area contributed by atoms with Gasteiger partial charge in [0, 0.05) is 40.2 Å². The van der Waals surface area contributed by atoms with Crippen LogP contribution in [0, 0.1) is 27.7 Å². The van der Waals surface area contributed by atoms with E-state index in [2.05, 4.69) is 56.5 Å². The number of benzene rings is 9. The Morgan fingerprint density at radius 1 is 0.433 bits per heavy atom. The first-order valence-electron chi connectivity index (χ1n) is 28.6. The predicted octanol–water partition coefficient (Wildman–Crippen LogP) is 15.8. The summed E-state index contributed by atoms with van der Waals surface area (Å²) in [4.78, 5) is 12.4. The largest absolute Gasteiger partial charge is 0.508 e. The number of phenols is 2. The third-order valence-electron chi connectivity index (χ3n) is 14.3. The van der Waals surface area contributed by atoms with Crippen molar-refractivity contribution in [2.45, 2.75) is 50.3 Å². The highest BCUT2D eigenvalue weighted by molar-refractivity contribution is 7.86. The highest BCUT2D eigenvalue weighted by Crippen LogP contribution is 2.45. The molecule has 0 aliphatic carbocycles. The summed E-state index contributed by atoms with van der Waals surface area (Å²) in [6, 6.07) is 32.1. The zero-order chi connectivity index (χ0) is 70.1. The molecule has 7 N–H and O–H groups in total. The molecule has 0 saturated heterocycles. The van der Waals surface area contributed by atoms with E-state index in [4.69, 9.17) is 23.5 Å². The van der Waals surface area contributed by atoms with Gasteiger partial charge in [-0.1, -0.05) is 0 Å². The topological polar surface area (TPSA) is 448 Å². The fourth-order valence-corrected chi connectivity index (χ4v) is 11.4. The molecule has 0 fully saturated rings. The van der Waals surface area contributed by atoms with Gasteiger partial charge in [-0.3, -0.25) is 23.0 Å². The van der Waals surface area contributed by atoms with Gasteiger partial charge < -0.3 is 34.5 Å². The van der Waals surface area contributed by atoms with E-state index in [1.807, 2.05) is 0 Å². The number of nitrogens with one attached hydrogen (secondary N) is 1. The number of aromatic hydroxyl groups is 2. The lowest BCUT2D eigenvalue weighted by molar-refractivity contribution is 0.102. The fraction of sp³-hybridized carbons (Fsp3) is 0.190. The molecule has 97 heavy (non-hydrogen) atoms. The molecule has 0 aromatic heterocycles. The molecule has 0 aliphatic rings. The molecule has 30 nitrogen and oxygen atoms in total. The van der Waals surface area contributed by atoms with E-state index in [-0.39, 0.29) is 110 Å². The third-order valence-corrected chi connectivity index (χ3v) is 17.5. The molecule has 0 aliphatic heterocycles. The first-order chi connectivity index (χ1) is 45.8. The fourth-order valence-electron chi connectivity index (χ4n) is 9.32. The SMILES string of the molecule is COc1cc(C(=O)Nc2ccc3c(OCCCCS(=O)(=O)O)cc(S(=O)(=O)O)cc3c2)ccc1N=Nc1cc(OC)c(N=Nc2cc(OCCS(=O)(=O)O)c(N=Nc3cc(C)c(N=Nc4c(S(=O)(=O)O)cc5cc(/N=N/c6ccc(O)cc6)ccc5c4O)cc3C)cc2C)cc1C. The summed E-state index contributed by atoms with van der Waals surface area (Å²) in [7, 11) is -15.6. The molecule has 504 valence electrons. The van der Waals surface area contributed by atoms with Gasteiger partial charge >= 0.3 is 0 Å². The molecule has 9 aromatic carbocycles. The van der Waals surface area contributed by atoms with E-state index in [1.54, 1.807) is 70.2 Å². The highest BCUT2D eigenvalue weighted by atomic mass is 32.2. The van der Waals surface area contributed by atoms with Gasteiger partial charge in [0.25, 0.3) is 46.4 Å². The average molecular weight is 1400 g/mol. The molecule has 0 unspecified atom stereocenters. The molecular weight excluding hydrogens is 1340 g/mol. The van der Waals surface area contributed by atoms with Crippen LogP contribution < -0.4 is 24.3 Å². The van der Waals surface area contributed by atoms with E-state index in [1.165, 1.54) is 93.1 Å². The Morgan fingerprint density at radius 2 is 0.938 bits per heavy atom. The normalized spacial score (nSPS) is 12.5. The van der Waals surface area contributed by atoms with Crippen LogP contribution in [0.5, 0.6) is 34.5 Å². The van der Waals surface area contributed by atoms with E-state index in [0.29, 0.717) is 44.7 Å².